The number of hydrogen-bond acceptors (Lipinski definition) is 1. The molecule has 8 atom stereocenters. The standard InChI is InChI=1S/C34H58O/c1-24(2)10-9-11-25(3)30-16-17-31-29-15-14-27-22-28(35-23-26-12-7-6-8-13-26)18-20-33(27,4)32(29)19-21-34(30,31)5/h14,24-26,28-32H,6-13,15-23H2,1-5H3/t25-,28+,29+,30-,31+,32+,33+,34-/m1/s1. The third kappa shape index (κ3) is 5.20. The lowest BCUT2D eigenvalue weighted by Gasteiger charge is -2.58. The Morgan fingerprint density at radius 1 is 0.886 bits per heavy atom. The number of rotatable bonds is 8. The summed E-state index contributed by atoms with van der Waals surface area (Å²) in [6.07, 6.45) is 26.0. The Hall–Kier alpha value is -0.300. The van der Waals surface area contributed by atoms with Gasteiger partial charge in [-0.15, -0.1) is 0 Å². The first-order valence-corrected chi connectivity index (χ1v) is 16.1. The van der Waals surface area contributed by atoms with Crippen molar-refractivity contribution in [3.8, 4) is 0 Å². The molecule has 1 heteroatoms. The summed E-state index contributed by atoms with van der Waals surface area (Å²) in [5.74, 6) is 6.48. The molecule has 0 spiro atoms. The van der Waals surface area contributed by atoms with Crippen LogP contribution in [0.4, 0.5) is 0 Å². The minimum Gasteiger partial charge on any atom is -0.378 e. The smallest absolute Gasteiger partial charge is 0.0612 e. The summed E-state index contributed by atoms with van der Waals surface area (Å²) in [4.78, 5) is 0. The van der Waals surface area contributed by atoms with Crippen molar-refractivity contribution < 1.29 is 4.74 Å². The van der Waals surface area contributed by atoms with Crippen molar-refractivity contribution in [1.29, 1.82) is 0 Å². The van der Waals surface area contributed by atoms with Gasteiger partial charge in [-0.05, 0) is 116 Å². The minimum atomic E-state index is 0.468. The summed E-state index contributed by atoms with van der Waals surface area (Å²) in [5.41, 5.74) is 2.88. The van der Waals surface area contributed by atoms with Crippen molar-refractivity contribution in [3.63, 3.8) is 0 Å². The van der Waals surface area contributed by atoms with E-state index in [1.54, 1.807) is 5.57 Å². The van der Waals surface area contributed by atoms with Gasteiger partial charge in [-0.2, -0.15) is 0 Å². The Morgan fingerprint density at radius 2 is 1.69 bits per heavy atom. The zero-order valence-electron chi connectivity index (χ0n) is 24.1. The van der Waals surface area contributed by atoms with Gasteiger partial charge in [-0.1, -0.05) is 84.8 Å². The van der Waals surface area contributed by atoms with Crippen LogP contribution in [0.5, 0.6) is 0 Å². The third-order valence-electron chi connectivity index (χ3n) is 12.6. The molecular formula is C34H58O. The number of fused-ring (bicyclic) bond motifs is 5. The monoisotopic (exact) mass is 482 g/mol. The topological polar surface area (TPSA) is 9.23 Å². The molecule has 5 aliphatic rings. The molecule has 0 radical (unpaired) electrons. The molecule has 0 saturated heterocycles. The second-order valence-electron chi connectivity index (χ2n) is 15.0. The van der Waals surface area contributed by atoms with E-state index in [9.17, 15) is 0 Å². The van der Waals surface area contributed by atoms with E-state index in [0.29, 0.717) is 16.9 Å². The fraction of sp³-hybridized carbons (Fsp3) is 0.941. The summed E-state index contributed by atoms with van der Waals surface area (Å²) in [6, 6.07) is 0. The number of hydrogen-bond donors (Lipinski definition) is 0. The largest absolute Gasteiger partial charge is 0.378 e. The normalized spacial score (nSPS) is 42.8. The second-order valence-corrected chi connectivity index (χ2v) is 15.0. The molecule has 0 aromatic carbocycles. The average Bonchev–Trinajstić information content (AvgIpc) is 3.20. The molecule has 5 rings (SSSR count). The molecule has 4 fully saturated rings. The Bertz CT molecular complexity index is 731. The highest BCUT2D eigenvalue weighted by Gasteiger charge is 2.59. The van der Waals surface area contributed by atoms with Gasteiger partial charge in [-0.25, -0.2) is 0 Å². The third-order valence-corrected chi connectivity index (χ3v) is 12.6. The van der Waals surface area contributed by atoms with Crippen molar-refractivity contribution in [3.05, 3.63) is 11.6 Å². The summed E-state index contributed by atoms with van der Waals surface area (Å²) in [6.45, 7) is 13.8. The van der Waals surface area contributed by atoms with Crippen LogP contribution in [0.15, 0.2) is 11.6 Å². The van der Waals surface area contributed by atoms with Crippen LogP contribution in [-0.4, -0.2) is 12.7 Å². The van der Waals surface area contributed by atoms with E-state index in [1.165, 1.54) is 103 Å². The molecule has 4 saturated carbocycles. The van der Waals surface area contributed by atoms with Gasteiger partial charge in [0, 0.05) is 6.61 Å². The number of ether oxygens (including phenoxy) is 1. The molecule has 35 heavy (non-hydrogen) atoms. The lowest BCUT2D eigenvalue weighted by atomic mass is 9.47. The van der Waals surface area contributed by atoms with Crippen molar-refractivity contribution in [2.45, 2.75) is 143 Å². The first-order valence-electron chi connectivity index (χ1n) is 16.1. The van der Waals surface area contributed by atoms with Gasteiger partial charge in [0.05, 0.1) is 6.10 Å². The van der Waals surface area contributed by atoms with Crippen molar-refractivity contribution in [2.75, 3.05) is 6.61 Å². The van der Waals surface area contributed by atoms with Gasteiger partial charge in [0.1, 0.15) is 0 Å². The van der Waals surface area contributed by atoms with Crippen molar-refractivity contribution in [2.24, 2.45) is 52.3 Å². The Labute approximate surface area is 218 Å². The van der Waals surface area contributed by atoms with Crippen LogP contribution in [0.3, 0.4) is 0 Å². The van der Waals surface area contributed by atoms with Crippen molar-refractivity contribution >= 4 is 0 Å². The maximum Gasteiger partial charge on any atom is 0.0612 e. The lowest BCUT2D eigenvalue weighted by Crippen LogP contribution is -2.51. The summed E-state index contributed by atoms with van der Waals surface area (Å²) in [7, 11) is 0. The molecule has 0 bridgehead atoms. The van der Waals surface area contributed by atoms with E-state index in [1.807, 2.05) is 0 Å². The fourth-order valence-electron chi connectivity index (χ4n) is 10.4. The second kappa shape index (κ2) is 10.8. The molecule has 0 heterocycles. The number of allylic oxidation sites excluding steroid dienone is 1. The highest BCUT2D eigenvalue weighted by Crippen LogP contribution is 2.67. The van der Waals surface area contributed by atoms with Crippen LogP contribution in [0, 0.1) is 52.3 Å². The molecule has 0 unspecified atom stereocenters. The van der Waals surface area contributed by atoms with Crippen molar-refractivity contribution in [1.82, 2.24) is 0 Å². The summed E-state index contributed by atoms with van der Waals surface area (Å²) in [5, 5.41) is 0. The molecule has 1 nitrogen and oxygen atoms in total. The van der Waals surface area contributed by atoms with Gasteiger partial charge in [0.25, 0.3) is 0 Å². The van der Waals surface area contributed by atoms with E-state index in [2.05, 4.69) is 40.7 Å². The highest BCUT2D eigenvalue weighted by molar-refractivity contribution is 5.25. The van der Waals surface area contributed by atoms with E-state index < -0.39 is 0 Å². The van der Waals surface area contributed by atoms with Gasteiger partial charge < -0.3 is 4.74 Å². The van der Waals surface area contributed by atoms with Gasteiger partial charge in [-0.3, -0.25) is 0 Å². The van der Waals surface area contributed by atoms with Gasteiger partial charge >= 0.3 is 0 Å². The summed E-state index contributed by atoms with van der Waals surface area (Å²) < 4.78 is 6.58. The highest BCUT2D eigenvalue weighted by atomic mass is 16.5. The zero-order valence-corrected chi connectivity index (χ0v) is 24.1. The van der Waals surface area contributed by atoms with E-state index in [-0.39, 0.29) is 0 Å². The van der Waals surface area contributed by atoms with Crippen LogP contribution < -0.4 is 0 Å². The maximum atomic E-state index is 6.58. The van der Waals surface area contributed by atoms with Gasteiger partial charge in [0.15, 0.2) is 0 Å². The maximum absolute atomic E-state index is 6.58. The summed E-state index contributed by atoms with van der Waals surface area (Å²) >= 11 is 0. The predicted molar refractivity (Wildman–Crippen MR) is 149 cm³/mol. The first-order chi connectivity index (χ1) is 16.8. The first kappa shape index (κ1) is 26.3. The quantitative estimate of drug-likeness (QED) is 0.313. The van der Waals surface area contributed by atoms with E-state index >= 15 is 0 Å². The zero-order chi connectivity index (χ0) is 24.6. The molecule has 0 aliphatic heterocycles. The van der Waals surface area contributed by atoms with Crippen LogP contribution in [0.2, 0.25) is 0 Å². The molecule has 0 amide bonds. The minimum absolute atomic E-state index is 0.468. The van der Waals surface area contributed by atoms with Gasteiger partial charge in [0.2, 0.25) is 0 Å². The molecular weight excluding hydrogens is 424 g/mol. The van der Waals surface area contributed by atoms with E-state index in [4.69, 9.17) is 4.74 Å². The SMILES string of the molecule is CC(C)CCC[C@@H](C)[C@H]1CC[C@H]2[C@@H]3CC=C4C[C@@H](OCC5CCCCC5)CC[C@]4(C)[C@H]3CC[C@]12C. The lowest BCUT2D eigenvalue weighted by molar-refractivity contribution is -0.0672. The van der Waals surface area contributed by atoms with E-state index in [0.717, 1.165) is 48.0 Å². The molecule has 5 aliphatic carbocycles. The predicted octanol–water partition coefficient (Wildman–Crippen LogP) is 9.99. The van der Waals surface area contributed by atoms with Crippen LogP contribution in [0.1, 0.15) is 137 Å². The fourth-order valence-corrected chi connectivity index (χ4v) is 10.4. The van der Waals surface area contributed by atoms with Crippen LogP contribution in [-0.2, 0) is 4.74 Å². The molecule has 0 aromatic rings. The average molecular weight is 483 g/mol. The molecule has 200 valence electrons. The molecule has 0 aromatic heterocycles. The Morgan fingerprint density at radius 3 is 2.46 bits per heavy atom. The Kier molecular flexibility index (Phi) is 8.14. The van der Waals surface area contributed by atoms with Crippen LogP contribution >= 0.6 is 0 Å². The van der Waals surface area contributed by atoms with Crippen LogP contribution in [0.25, 0.3) is 0 Å². The molecule has 0 N–H and O–H groups in total. The Balaban J connectivity index is 1.21.